The molecule has 20 heavy (non-hydrogen) atoms. The minimum atomic E-state index is -0.391. The van der Waals surface area contributed by atoms with Gasteiger partial charge in [-0.15, -0.1) is 0 Å². The molecule has 4 rings (SSSR count). The molecule has 0 aromatic heterocycles. The third kappa shape index (κ3) is 1.48. The molecule has 1 amide bonds. The van der Waals surface area contributed by atoms with Crippen molar-refractivity contribution >= 4 is 17.6 Å². The van der Waals surface area contributed by atoms with E-state index in [0.29, 0.717) is 12.0 Å². The zero-order chi connectivity index (χ0) is 13.7. The lowest BCUT2D eigenvalue weighted by molar-refractivity contribution is -0.118. The van der Waals surface area contributed by atoms with Crippen molar-refractivity contribution in [2.24, 2.45) is 5.41 Å². The molecule has 0 unspecified atom stereocenters. The third-order valence-corrected chi connectivity index (χ3v) is 4.98. The van der Waals surface area contributed by atoms with Gasteiger partial charge in [0.2, 0.25) is 5.91 Å². The molecule has 1 aliphatic carbocycles. The maximum atomic E-state index is 12.5. The van der Waals surface area contributed by atoms with Crippen molar-refractivity contribution in [3.8, 4) is 0 Å². The molecule has 2 heterocycles. The molecule has 1 atom stereocenters. The fourth-order valence-corrected chi connectivity index (χ4v) is 4.02. The van der Waals surface area contributed by atoms with Crippen LogP contribution in [0.15, 0.2) is 24.3 Å². The first-order chi connectivity index (χ1) is 9.71. The number of anilines is 1. The van der Waals surface area contributed by atoms with Crippen molar-refractivity contribution in [1.29, 1.82) is 0 Å². The number of fused-ring (bicyclic) bond motifs is 4. The molecule has 1 aromatic carbocycles. The lowest BCUT2D eigenvalue weighted by atomic mass is 9.72. The lowest BCUT2D eigenvalue weighted by Crippen LogP contribution is -2.48. The first-order valence-electron chi connectivity index (χ1n) is 7.33. The fraction of sp³-hybridized carbons (Fsp3) is 0.500. The predicted molar refractivity (Wildman–Crippen MR) is 73.3 cm³/mol. The number of rotatable bonds is 0. The standard InChI is InChI=1S/C16H17NO3/c18-13-10-16(8-4-1-5-9-16)15-17(13)12-7-3-2-6-11(12)14(19)20-15/h2-3,6-7,15H,1,4-5,8-10H2/t15-/m0/s1. The Morgan fingerprint density at radius 1 is 1.10 bits per heavy atom. The number of nitrogens with zero attached hydrogens (tertiary/aromatic N) is 1. The van der Waals surface area contributed by atoms with Crippen LogP contribution in [-0.4, -0.2) is 18.1 Å². The van der Waals surface area contributed by atoms with Gasteiger partial charge in [0.05, 0.1) is 11.3 Å². The largest absolute Gasteiger partial charge is 0.437 e. The van der Waals surface area contributed by atoms with E-state index in [4.69, 9.17) is 4.74 Å². The van der Waals surface area contributed by atoms with Crippen molar-refractivity contribution < 1.29 is 14.3 Å². The highest BCUT2D eigenvalue weighted by atomic mass is 16.6. The zero-order valence-electron chi connectivity index (χ0n) is 11.3. The molecule has 3 aliphatic rings. The summed E-state index contributed by atoms with van der Waals surface area (Å²) in [6.45, 7) is 0. The summed E-state index contributed by atoms with van der Waals surface area (Å²) in [5.41, 5.74) is 1.07. The molecular formula is C16H17NO3. The number of benzene rings is 1. The van der Waals surface area contributed by atoms with Gasteiger partial charge in [-0.05, 0) is 25.0 Å². The van der Waals surface area contributed by atoms with Gasteiger partial charge in [0.25, 0.3) is 0 Å². The Labute approximate surface area is 117 Å². The Hall–Kier alpha value is -1.84. The number of carbonyl (C=O) groups excluding carboxylic acids is 2. The number of hydrogen-bond acceptors (Lipinski definition) is 3. The Kier molecular flexibility index (Phi) is 2.43. The van der Waals surface area contributed by atoms with Crippen LogP contribution in [-0.2, 0) is 9.53 Å². The molecule has 4 nitrogen and oxygen atoms in total. The molecular weight excluding hydrogens is 254 g/mol. The van der Waals surface area contributed by atoms with Crippen molar-refractivity contribution in [2.45, 2.75) is 44.8 Å². The first kappa shape index (κ1) is 11.9. The van der Waals surface area contributed by atoms with Crippen molar-refractivity contribution in [2.75, 3.05) is 4.90 Å². The summed E-state index contributed by atoms with van der Waals surface area (Å²) in [4.78, 5) is 26.4. The summed E-state index contributed by atoms with van der Waals surface area (Å²) in [7, 11) is 0. The molecule has 1 spiro atoms. The summed E-state index contributed by atoms with van der Waals surface area (Å²) in [6.07, 6.45) is 5.54. The van der Waals surface area contributed by atoms with E-state index in [0.717, 1.165) is 31.4 Å². The summed E-state index contributed by atoms with van der Waals surface area (Å²) < 4.78 is 5.67. The SMILES string of the molecule is O=C1O[C@@H]2N(C(=O)CC23CCCCC3)c2ccccc21. The molecule has 1 saturated carbocycles. The van der Waals surface area contributed by atoms with Gasteiger partial charge >= 0.3 is 5.97 Å². The van der Waals surface area contributed by atoms with Crippen LogP contribution in [0, 0.1) is 5.41 Å². The monoisotopic (exact) mass is 271 g/mol. The number of amides is 1. The van der Waals surface area contributed by atoms with Crippen LogP contribution in [0.5, 0.6) is 0 Å². The molecule has 0 bridgehead atoms. The maximum absolute atomic E-state index is 12.5. The fourth-order valence-electron chi connectivity index (χ4n) is 4.02. The number of para-hydroxylation sites is 1. The topological polar surface area (TPSA) is 46.6 Å². The van der Waals surface area contributed by atoms with Crippen LogP contribution in [0.25, 0.3) is 0 Å². The quantitative estimate of drug-likeness (QED) is 0.682. The van der Waals surface area contributed by atoms with Gasteiger partial charge in [-0.3, -0.25) is 9.69 Å². The van der Waals surface area contributed by atoms with E-state index in [1.54, 1.807) is 17.0 Å². The second-order valence-electron chi connectivity index (χ2n) is 6.14. The maximum Gasteiger partial charge on any atom is 0.342 e. The van der Waals surface area contributed by atoms with Crippen LogP contribution in [0.3, 0.4) is 0 Å². The summed E-state index contributed by atoms with van der Waals surface area (Å²) in [5.74, 6) is -0.196. The number of esters is 1. The van der Waals surface area contributed by atoms with Gasteiger partial charge < -0.3 is 4.74 Å². The third-order valence-electron chi connectivity index (χ3n) is 4.98. The van der Waals surface area contributed by atoms with E-state index in [1.807, 2.05) is 12.1 Å². The van der Waals surface area contributed by atoms with Gasteiger partial charge in [0.1, 0.15) is 0 Å². The van der Waals surface area contributed by atoms with Crippen LogP contribution < -0.4 is 4.90 Å². The lowest BCUT2D eigenvalue weighted by Gasteiger charge is -2.41. The van der Waals surface area contributed by atoms with Crippen molar-refractivity contribution in [3.63, 3.8) is 0 Å². The Bertz CT molecular complexity index is 589. The summed E-state index contributed by atoms with van der Waals surface area (Å²) >= 11 is 0. The second-order valence-corrected chi connectivity index (χ2v) is 6.14. The second kappa shape index (κ2) is 4.08. The van der Waals surface area contributed by atoms with Crippen molar-refractivity contribution in [1.82, 2.24) is 0 Å². The van der Waals surface area contributed by atoms with Crippen LogP contribution in [0.4, 0.5) is 5.69 Å². The minimum Gasteiger partial charge on any atom is -0.437 e. The van der Waals surface area contributed by atoms with Crippen molar-refractivity contribution in [3.05, 3.63) is 29.8 Å². The molecule has 2 aliphatic heterocycles. The van der Waals surface area contributed by atoms with Crippen LogP contribution in [0.1, 0.15) is 48.9 Å². The van der Waals surface area contributed by atoms with Gasteiger partial charge in [-0.25, -0.2) is 4.79 Å². The minimum absolute atomic E-state index is 0.0943. The smallest absolute Gasteiger partial charge is 0.342 e. The van der Waals surface area contributed by atoms with E-state index in [2.05, 4.69) is 0 Å². The summed E-state index contributed by atoms with van der Waals surface area (Å²) in [5, 5.41) is 0. The van der Waals surface area contributed by atoms with E-state index in [-0.39, 0.29) is 17.3 Å². The Balaban J connectivity index is 1.82. The van der Waals surface area contributed by atoms with E-state index < -0.39 is 6.23 Å². The van der Waals surface area contributed by atoms with E-state index in [1.165, 1.54) is 6.42 Å². The molecule has 0 radical (unpaired) electrons. The highest BCUT2D eigenvalue weighted by Crippen LogP contribution is 2.52. The van der Waals surface area contributed by atoms with Gasteiger partial charge in [0, 0.05) is 11.8 Å². The van der Waals surface area contributed by atoms with Crippen LogP contribution >= 0.6 is 0 Å². The first-order valence-corrected chi connectivity index (χ1v) is 7.33. The normalized spacial score (nSPS) is 27.2. The van der Waals surface area contributed by atoms with Crippen LogP contribution in [0.2, 0.25) is 0 Å². The number of hydrogen-bond donors (Lipinski definition) is 0. The van der Waals surface area contributed by atoms with Gasteiger partial charge in [0.15, 0.2) is 6.23 Å². The highest BCUT2D eigenvalue weighted by Gasteiger charge is 2.56. The highest BCUT2D eigenvalue weighted by molar-refractivity contribution is 6.07. The molecule has 1 saturated heterocycles. The Morgan fingerprint density at radius 3 is 2.65 bits per heavy atom. The Morgan fingerprint density at radius 2 is 1.85 bits per heavy atom. The average Bonchev–Trinajstić information content (AvgIpc) is 2.72. The average molecular weight is 271 g/mol. The summed E-state index contributed by atoms with van der Waals surface area (Å²) in [6, 6.07) is 7.25. The molecule has 2 fully saturated rings. The predicted octanol–water partition coefficient (Wildman–Crippen LogP) is 2.87. The van der Waals surface area contributed by atoms with E-state index in [9.17, 15) is 9.59 Å². The van der Waals surface area contributed by atoms with Gasteiger partial charge in [-0.1, -0.05) is 31.4 Å². The molecule has 1 aromatic rings. The van der Waals surface area contributed by atoms with E-state index >= 15 is 0 Å². The molecule has 0 N–H and O–H groups in total. The molecule has 104 valence electrons. The number of carbonyl (C=O) groups is 2. The van der Waals surface area contributed by atoms with Gasteiger partial charge in [-0.2, -0.15) is 0 Å². The zero-order valence-corrected chi connectivity index (χ0v) is 11.3. The molecule has 4 heteroatoms. The number of ether oxygens (including phenoxy) is 1.